The molecule has 0 radical (unpaired) electrons. The molecule has 2 N–H and O–H groups in total. The molecule has 1 aliphatic rings. The number of aromatic amines is 1. The molecule has 92 valence electrons. The highest BCUT2D eigenvalue weighted by atomic mass is 16.3. The number of amides is 1. The number of likely N-dealkylation sites (tertiary alicyclic amines) is 1. The second-order valence-electron chi connectivity index (χ2n) is 4.51. The average molecular weight is 235 g/mol. The van der Waals surface area contributed by atoms with Gasteiger partial charge in [-0.05, 0) is 25.0 Å². The Bertz CT molecular complexity index is 392. The molecule has 5 nitrogen and oxygen atoms in total. The van der Waals surface area contributed by atoms with E-state index >= 15 is 0 Å². The van der Waals surface area contributed by atoms with Crippen LogP contribution in [0.15, 0.2) is 24.9 Å². The number of rotatable bonds is 3. The summed E-state index contributed by atoms with van der Waals surface area (Å²) < 4.78 is 0. The van der Waals surface area contributed by atoms with Crippen molar-refractivity contribution in [2.45, 2.75) is 24.9 Å². The maximum absolute atomic E-state index is 11.4. The van der Waals surface area contributed by atoms with Gasteiger partial charge >= 0.3 is 0 Å². The average Bonchev–Trinajstić information content (AvgIpc) is 2.81. The first-order valence-electron chi connectivity index (χ1n) is 5.75. The Morgan fingerprint density at radius 1 is 1.65 bits per heavy atom. The van der Waals surface area contributed by atoms with E-state index in [0.717, 1.165) is 5.69 Å². The first-order valence-corrected chi connectivity index (χ1v) is 5.75. The second-order valence-corrected chi connectivity index (χ2v) is 4.51. The third kappa shape index (κ3) is 2.74. The van der Waals surface area contributed by atoms with E-state index in [4.69, 9.17) is 0 Å². The molecule has 1 saturated heterocycles. The quantitative estimate of drug-likeness (QED) is 0.749. The van der Waals surface area contributed by atoms with Crippen LogP contribution >= 0.6 is 0 Å². The summed E-state index contributed by atoms with van der Waals surface area (Å²) in [4.78, 5) is 13.1. The summed E-state index contributed by atoms with van der Waals surface area (Å²) in [5, 5.41) is 17.1. The van der Waals surface area contributed by atoms with Crippen molar-refractivity contribution in [2.75, 3.05) is 13.1 Å². The number of carbonyl (C=O) groups excluding carboxylic acids is 1. The Balaban J connectivity index is 1.93. The van der Waals surface area contributed by atoms with E-state index in [-0.39, 0.29) is 5.91 Å². The Morgan fingerprint density at radius 2 is 2.35 bits per heavy atom. The Kier molecular flexibility index (Phi) is 3.28. The van der Waals surface area contributed by atoms with Crippen LogP contribution in [0, 0.1) is 0 Å². The predicted octanol–water partition coefficient (Wildman–Crippen LogP) is 0.492. The van der Waals surface area contributed by atoms with Gasteiger partial charge in [0.05, 0.1) is 5.60 Å². The fourth-order valence-electron chi connectivity index (χ4n) is 2.19. The van der Waals surface area contributed by atoms with Crippen molar-refractivity contribution in [1.82, 2.24) is 15.1 Å². The first-order chi connectivity index (χ1) is 8.13. The normalized spacial score (nSPS) is 19.0. The highest BCUT2D eigenvalue weighted by molar-refractivity contribution is 5.87. The lowest BCUT2D eigenvalue weighted by Gasteiger charge is -2.37. The van der Waals surface area contributed by atoms with E-state index < -0.39 is 5.60 Å². The zero-order valence-corrected chi connectivity index (χ0v) is 9.72. The molecule has 1 aromatic rings. The topological polar surface area (TPSA) is 69.2 Å². The summed E-state index contributed by atoms with van der Waals surface area (Å²) in [6, 6.07) is 1.86. The van der Waals surface area contributed by atoms with Crippen LogP contribution in [0.1, 0.15) is 18.5 Å². The lowest BCUT2D eigenvalue weighted by Crippen LogP contribution is -2.47. The SMILES string of the molecule is C=CC(=O)N1CCC(O)(Cc2ccn[nH]2)CC1. The first kappa shape index (κ1) is 11.9. The van der Waals surface area contributed by atoms with Gasteiger partial charge in [0.25, 0.3) is 0 Å². The number of piperidine rings is 1. The summed E-state index contributed by atoms with van der Waals surface area (Å²) >= 11 is 0. The van der Waals surface area contributed by atoms with Gasteiger partial charge < -0.3 is 10.0 Å². The molecule has 2 rings (SSSR count). The van der Waals surface area contributed by atoms with Crippen LogP contribution < -0.4 is 0 Å². The molecule has 0 aromatic carbocycles. The van der Waals surface area contributed by atoms with Gasteiger partial charge in [0.15, 0.2) is 0 Å². The lowest BCUT2D eigenvalue weighted by molar-refractivity contribution is -0.130. The summed E-state index contributed by atoms with van der Waals surface area (Å²) in [7, 11) is 0. The molecule has 17 heavy (non-hydrogen) atoms. The van der Waals surface area contributed by atoms with E-state index in [1.54, 1.807) is 11.1 Å². The Hall–Kier alpha value is -1.62. The van der Waals surface area contributed by atoms with Crippen molar-refractivity contribution in [1.29, 1.82) is 0 Å². The van der Waals surface area contributed by atoms with Crippen LogP contribution in [-0.4, -0.2) is 44.8 Å². The van der Waals surface area contributed by atoms with Crippen LogP contribution in [-0.2, 0) is 11.2 Å². The predicted molar refractivity (Wildman–Crippen MR) is 63.3 cm³/mol. The molecule has 1 amide bonds. The standard InChI is InChI=1S/C12H17N3O2/c1-2-11(16)15-7-4-12(17,5-8-15)9-10-3-6-13-14-10/h2-3,6,17H,1,4-5,7-9H2,(H,13,14). The van der Waals surface area contributed by atoms with Crippen molar-refractivity contribution in [3.63, 3.8) is 0 Å². The van der Waals surface area contributed by atoms with Crippen molar-refractivity contribution in [3.8, 4) is 0 Å². The molecule has 0 aliphatic carbocycles. The number of H-pyrrole nitrogens is 1. The zero-order chi connectivity index (χ0) is 12.3. The summed E-state index contributed by atoms with van der Waals surface area (Å²) in [6.07, 6.45) is 4.73. The third-order valence-corrected chi connectivity index (χ3v) is 3.26. The molecule has 1 aromatic heterocycles. The molecule has 1 fully saturated rings. The molecule has 5 heteroatoms. The minimum atomic E-state index is -0.732. The largest absolute Gasteiger partial charge is 0.389 e. The Morgan fingerprint density at radius 3 is 2.88 bits per heavy atom. The Labute approximate surface area is 100 Å². The van der Waals surface area contributed by atoms with Crippen molar-refractivity contribution >= 4 is 5.91 Å². The highest BCUT2D eigenvalue weighted by Gasteiger charge is 2.33. The number of hydrogen-bond donors (Lipinski definition) is 2. The number of hydrogen-bond acceptors (Lipinski definition) is 3. The number of aromatic nitrogens is 2. The smallest absolute Gasteiger partial charge is 0.245 e. The second kappa shape index (κ2) is 4.71. The third-order valence-electron chi connectivity index (χ3n) is 3.26. The fourth-order valence-corrected chi connectivity index (χ4v) is 2.19. The van der Waals surface area contributed by atoms with E-state index in [0.29, 0.717) is 32.4 Å². The zero-order valence-electron chi connectivity index (χ0n) is 9.72. The van der Waals surface area contributed by atoms with E-state index in [2.05, 4.69) is 16.8 Å². The monoisotopic (exact) mass is 235 g/mol. The number of nitrogens with zero attached hydrogens (tertiary/aromatic N) is 2. The van der Waals surface area contributed by atoms with Crippen LogP contribution in [0.2, 0.25) is 0 Å². The van der Waals surface area contributed by atoms with Crippen molar-refractivity contribution in [2.24, 2.45) is 0 Å². The molecule has 0 bridgehead atoms. The molecule has 0 saturated carbocycles. The summed E-state index contributed by atoms with van der Waals surface area (Å²) in [5.74, 6) is -0.0615. The molecule has 1 aliphatic heterocycles. The van der Waals surface area contributed by atoms with Crippen LogP contribution in [0.4, 0.5) is 0 Å². The minimum absolute atomic E-state index is 0.0615. The number of aliphatic hydroxyl groups is 1. The lowest BCUT2D eigenvalue weighted by atomic mass is 9.87. The molecule has 0 spiro atoms. The summed E-state index contributed by atoms with van der Waals surface area (Å²) in [6.45, 7) is 4.62. The van der Waals surface area contributed by atoms with E-state index in [1.165, 1.54) is 6.08 Å². The van der Waals surface area contributed by atoms with Gasteiger partial charge in [-0.3, -0.25) is 9.89 Å². The van der Waals surface area contributed by atoms with Crippen molar-refractivity contribution in [3.05, 3.63) is 30.6 Å². The maximum Gasteiger partial charge on any atom is 0.245 e. The van der Waals surface area contributed by atoms with Crippen LogP contribution in [0.25, 0.3) is 0 Å². The number of nitrogens with one attached hydrogen (secondary N) is 1. The highest BCUT2D eigenvalue weighted by Crippen LogP contribution is 2.25. The van der Waals surface area contributed by atoms with Gasteiger partial charge in [-0.1, -0.05) is 6.58 Å². The molecular weight excluding hydrogens is 218 g/mol. The van der Waals surface area contributed by atoms with Gasteiger partial charge in [-0.2, -0.15) is 5.10 Å². The van der Waals surface area contributed by atoms with E-state index in [9.17, 15) is 9.90 Å². The number of carbonyl (C=O) groups is 1. The molecule has 0 atom stereocenters. The molecular formula is C12H17N3O2. The maximum atomic E-state index is 11.4. The van der Waals surface area contributed by atoms with E-state index in [1.807, 2.05) is 6.07 Å². The molecule has 2 heterocycles. The van der Waals surface area contributed by atoms with Crippen LogP contribution in [0.3, 0.4) is 0 Å². The van der Waals surface area contributed by atoms with Gasteiger partial charge in [0, 0.05) is 31.4 Å². The fraction of sp³-hybridized carbons (Fsp3) is 0.500. The minimum Gasteiger partial charge on any atom is -0.389 e. The van der Waals surface area contributed by atoms with Gasteiger partial charge in [0.2, 0.25) is 5.91 Å². The van der Waals surface area contributed by atoms with Gasteiger partial charge in [0.1, 0.15) is 0 Å². The molecule has 0 unspecified atom stereocenters. The van der Waals surface area contributed by atoms with Crippen molar-refractivity contribution < 1.29 is 9.90 Å². The summed E-state index contributed by atoms with van der Waals surface area (Å²) in [5.41, 5.74) is 0.195. The van der Waals surface area contributed by atoms with Gasteiger partial charge in [-0.25, -0.2) is 0 Å². The van der Waals surface area contributed by atoms with Crippen LogP contribution in [0.5, 0.6) is 0 Å². The van der Waals surface area contributed by atoms with Gasteiger partial charge in [-0.15, -0.1) is 0 Å².